The van der Waals surface area contributed by atoms with Gasteiger partial charge in [-0.3, -0.25) is 4.79 Å². The van der Waals surface area contributed by atoms with Crippen LogP contribution in [0.2, 0.25) is 0 Å². The van der Waals surface area contributed by atoms with Gasteiger partial charge < -0.3 is 11.1 Å². The molecule has 4 heteroatoms. The lowest BCUT2D eigenvalue weighted by atomic mass is 9.86. The predicted octanol–water partition coefficient (Wildman–Crippen LogP) is 2.87. The topological polar surface area (TPSA) is 55.1 Å². The molecule has 1 aromatic rings. The average Bonchev–Trinajstić information content (AvgIpc) is 2.15. The molecule has 1 amide bonds. The quantitative estimate of drug-likeness (QED) is 0.813. The van der Waals surface area contributed by atoms with Crippen LogP contribution in [0.3, 0.4) is 0 Å². The molecular formula is C13H20N2OS. The fourth-order valence-electron chi connectivity index (χ4n) is 1.65. The number of nitrogens with two attached hydrogens (primary N) is 1. The van der Waals surface area contributed by atoms with E-state index >= 15 is 0 Å². The summed E-state index contributed by atoms with van der Waals surface area (Å²) in [5, 5.41) is 2.82. The van der Waals surface area contributed by atoms with Crippen molar-refractivity contribution in [1.82, 2.24) is 0 Å². The number of carbonyl (C=O) groups excluding carboxylic acids is 1. The van der Waals surface area contributed by atoms with Gasteiger partial charge in [0.2, 0.25) is 5.91 Å². The smallest absolute Gasteiger partial charge is 0.234 e. The van der Waals surface area contributed by atoms with E-state index < -0.39 is 0 Å². The van der Waals surface area contributed by atoms with E-state index in [1.165, 1.54) is 11.8 Å². The minimum absolute atomic E-state index is 0.000378. The van der Waals surface area contributed by atoms with Crippen molar-refractivity contribution in [3.05, 3.63) is 23.8 Å². The fourth-order valence-corrected chi connectivity index (χ4v) is 1.99. The molecule has 0 bridgehead atoms. The second-order valence-corrected chi connectivity index (χ2v) is 5.90. The van der Waals surface area contributed by atoms with Crippen LogP contribution in [0.4, 0.5) is 11.4 Å². The normalized spacial score (nSPS) is 11.3. The number of amides is 1. The van der Waals surface area contributed by atoms with Gasteiger partial charge in [0.05, 0.1) is 5.75 Å². The Kier molecular flexibility index (Phi) is 4.46. The molecule has 0 aliphatic heterocycles. The molecule has 0 aliphatic rings. The summed E-state index contributed by atoms with van der Waals surface area (Å²) in [4.78, 5) is 11.4. The Labute approximate surface area is 107 Å². The maximum Gasteiger partial charge on any atom is 0.234 e. The van der Waals surface area contributed by atoms with E-state index in [0.29, 0.717) is 5.75 Å². The van der Waals surface area contributed by atoms with E-state index in [1.807, 2.05) is 24.5 Å². The lowest BCUT2D eigenvalue weighted by Gasteiger charge is -2.21. The molecule has 1 rings (SSSR count). The van der Waals surface area contributed by atoms with Crippen molar-refractivity contribution in [3.8, 4) is 0 Å². The van der Waals surface area contributed by atoms with E-state index in [4.69, 9.17) is 5.73 Å². The van der Waals surface area contributed by atoms with E-state index in [9.17, 15) is 4.79 Å². The molecule has 17 heavy (non-hydrogen) atoms. The van der Waals surface area contributed by atoms with Crippen molar-refractivity contribution in [2.24, 2.45) is 0 Å². The summed E-state index contributed by atoms with van der Waals surface area (Å²) in [5.74, 6) is 0.460. The summed E-state index contributed by atoms with van der Waals surface area (Å²) in [6, 6.07) is 5.69. The second-order valence-electron chi connectivity index (χ2n) is 5.03. The van der Waals surface area contributed by atoms with Gasteiger partial charge >= 0.3 is 0 Å². The maximum atomic E-state index is 11.4. The molecule has 0 atom stereocenters. The number of thioether (sulfide) groups is 1. The molecule has 0 saturated carbocycles. The molecule has 1 aromatic carbocycles. The van der Waals surface area contributed by atoms with Gasteiger partial charge in [0, 0.05) is 11.4 Å². The summed E-state index contributed by atoms with van der Waals surface area (Å²) in [6.07, 6.45) is 1.90. The van der Waals surface area contributed by atoms with Gasteiger partial charge in [0.25, 0.3) is 0 Å². The fraction of sp³-hybridized carbons (Fsp3) is 0.462. The highest BCUT2D eigenvalue weighted by Crippen LogP contribution is 2.29. The Balaban J connectivity index is 2.86. The summed E-state index contributed by atoms with van der Waals surface area (Å²) >= 11 is 1.50. The van der Waals surface area contributed by atoms with Crippen LogP contribution in [0, 0.1) is 0 Å². The van der Waals surface area contributed by atoms with Crippen LogP contribution in [0.15, 0.2) is 18.2 Å². The molecule has 94 valence electrons. The first-order chi connectivity index (χ1) is 7.84. The molecule has 0 heterocycles. The molecular weight excluding hydrogens is 232 g/mol. The van der Waals surface area contributed by atoms with Gasteiger partial charge in [-0.05, 0) is 29.4 Å². The van der Waals surface area contributed by atoms with E-state index in [1.54, 1.807) is 0 Å². The summed E-state index contributed by atoms with van der Waals surface area (Å²) < 4.78 is 0. The Morgan fingerprint density at radius 2 is 2.06 bits per heavy atom. The van der Waals surface area contributed by atoms with Crippen molar-refractivity contribution in [2.45, 2.75) is 26.2 Å². The Hall–Kier alpha value is -1.16. The first kappa shape index (κ1) is 13.9. The highest BCUT2D eigenvalue weighted by Gasteiger charge is 2.16. The number of nitrogen functional groups attached to an aromatic ring is 1. The summed E-state index contributed by atoms with van der Waals surface area (Å²) in [6.45, 7) is 6.35. The third-order valence-electron chi connectivity index (χ3n) is 2.42. The number of nitrogens with one attached hydrogen (secondary N) is 1. The van der Waals surface area contributed by atoms with Crippen LogP contribution >= 0.6 is 11.8 Å². The Bertz CT molecular complexity index is 410. The maximum absolute atomic E-state index is 11.4. The van der Waals surface area contributed by atoms with Crippen molar-refractivity contribution in [2.75, 3.05) is 23.1 Å². The van der Waals surface area contributed by atoms with E-state index in [-0.39, 0.29) is 11.3 Å². The van der Waals surface area contributed by atoms with Crippen LogP contribution < -0.4 is 11.1 Å². The van der Waals surface area contributed by atoms with E-state index in [2.05, 4.69) is 26.1 Å². The highest BCUT2D eigenvalue weighted by atomic mass is 32.2. The average molecular weight is 252 g/mol. The predicted molar refractivity (Wildman–Crippen MR) is 76.6 cm³/mol. The zero-order valence-electron chi connectivity index (χ0n) is 10.8. The number of hydrogen-bond donors (Lipinski definition) is 2. The van der Waals surface area contributed by atoms with Crippen LogP contribution in [0.25, 0.3) is 0 Å². The standard InChI is InChI=1S/C13H20N2OS/c1-13(2,3)10-6-5-9(7-11(10)14)15-12(16)8-17-4/h5-7H,8,14H2,1-4H3,(H,15,16). The zero-order chi connectivity index (χ0) is 13.1. The minimum atomic E-state index is 0.000378. The molecule has 0 aromatic heterocycles. The summed E-state index contributed by atoms with van der Waals surface area (Å²) in [5.41, 5.74) is 8.60. The van der Waals surface area contributed by atoms with Crippen molar-refractivity contribution >= 4 is 29.0 Å². The number of hydrogen-bond acceptors (Lipinski definition) is 3. The van der Waals surface area contributed by atoms with Gasteiger partial charge in [-0.1, -0.05) is 26.8 Å². The van der Waals surface area contributed by atoms with Crippen LogP contribution in [0.1, 0.15) is 26.3 Å². The first-order valence-electron chi connectivity index (χ1n) is 5.53. The van der Waals surface area contributed by atoms with Crippen molar-refractivity contribution < 1.29 is 4.79 Å². The molecule has 3 N–H and O–H groups in total. The summed E-state index contributed by atoms with van der Waals surface area (Å²) in [7, 11) is 0. The monoisotopic (exact) mass is 252 g/mol. The molecule has 0 unspecified atom stereocenters. The Morgan fingerprint density at radius 1 is 1.41 bits per heavy atom. The van der Waals surface area contributed by atoms with Crippen LogP contribution in [-0.2, 0) is 10.2 Å². The molecule has 0 spiro atoms. The first-order valence-corrected chi connectivity index (χ1v) is 6.93. The Morgan fingerprint density at radius 3 is 2.53 bits per heavy atom. The minimum Gasteiger partial charge on any atom is -0.398 e. The SMILES string of the molecule is CSCC(=O)Nc1ccc(C(C)(C)C)c(N)c1. The van der Waals surface area contributed by atoms with Crippen molar-refractivity contribution in [3.63, 3.8) is 0 Å². The van der Waals surface area contributed by atoms with Gasteiger partial charge in [-0.2, -0.15) is 11.8 Å². The second kappa shape index (κ2) is 5.45. The molecule has 3 nitrogen and oxygen atoms in total. The van der Waals surface area contributed by atoms with Crippen LogP contribution in [-0.4, -0.2) is 17.9 Å². The molecule has 0 radical (unpaired) electrons. The van der Waals surface area contributed by atoms with Gasteiger partial charge in [-0.25, -0.2) is 0 Å². The number of rotatable bonds is 3. The molecule has 0 saturated heterocycles. The highest BCUT2D eigenvalue weighted by molar-refractivity contribution is 7.99. The van der Waals surface area contributed by atoms with Crippen molar-refractivity contribution in [1.29, 1.82) is 0 Å². The molecule has 0 aliphatic carbocycles. The third kappa shape index (κ3) is 3.97. The number of benzene rings is 1. The van der Waals surface area contributed by atoms with Crippen LogP contribution in [0.5, 0.6) is 0 Å². The van der Waals surface area contributed by atoms with Gasteiger partial charge in [0.1, 0.15) is 0 Å². The van der Waals surface area contributed by atoms with Gasteiger partial charge in [0.15, 0.2) is 0 Å². The third-order valence-corrected chi connectivity index (χ3v) is 2.97. The van der Waals surface area contributed by atoms with E-state index in [0.717, 1.165) is 16.9 Å². The number of carbonyl (C=O) groups is 1. The van der Waals surface area contributed by atoms with Gasteiger partial charge in [-0.15, -0.1) is 0 Å². The largest absolute Gasteiger partial charge is 0.398 e. The molecule has 0 fully saturated rings. The lowest BCUT2D eigenvalue weighted by molar-refractivity contribution is -0.113. The zero-order valence-corrected chi connectivity index (χ0v) is 11.6. The lowest BCUT2D eigenvalue weighted by Crippen LogP contribution is -2.16. The number of anilines is 2.